The topological polar surface area (TPSA) is 65.8 Å². The maximum Gasteiger partial charge on any atom is 0.240 e. The average molecular weight is 231 g/mol. The summed E-state index contributed by atoms with van der Waals surface area (Å²) in [5, 5.41) is 11.8. The summed E-state index contributed by atoms with van der Waals surface area (Å²) in [5.74, 6) is -0.231. The molecular formula is C13H17N3O. The van der Waals surface area contributed by atoms with Gasteiger partial charge in [0.15, 0.2) is 0 Å². The molecule has 0 aliphatic heterocycles. The Morgan fingerprint density at radius 2 is 2.35 bits per heavy atom. The molecule has 17 heavy (non-hydrogen) atoms. The predicted octanol–water partition coefficient (Wildman–Crippen LogP) is 1.95. The first-order chi connectivity index (χ1) is 8.03. The number of amides is 1. The number of carbonyl (C=O) groups is 1. The highest BCUT2D eigenvalue weighted by molar-refractivity contribution is 5.84. The third-order valence-electron chi connectivity index (χ3n) is 3.04. The number of nitrogens with one attached hydrogen (secondary N) is 1. The molecule has 4 nitrogen and oxygen atoms in total. The van der Waals surface area contributed by atoms with Crippen LogP contribution in [0.5, 0.6) is 0 Å². The quantitative estimate of drug-likeness (QED) is 0.861. The van der Waals surface area contributed by atoms with Crippen LogP contribution in [0.4, 0.5) is 0 Å². The van der Waals surface area contributed by atoms with Crippen molar-refractivity contribution in [1.29, 1.82) is 5.26 Å². The summed E-state index contributed by atoms with van der Waals surface area (Å²) in [7, 11) is 0. The lowest BCUT2D eigenvalue weighted by Gasteiger charge is -2.18. The number of rotatable bonds is 4. The van der Waals surface area contributed by atoms with E-state index >= 15 is 0 Å². The van der Waals surface area contributed by atoms with E-state index in [1.807, 2.05) is 19.9 Å². The van der Waals surface area contributed by atoms with Gasteiger partial charge in [-0.05, 0) is 37.5 Å². The minimum atomic E-state index is -0.948. The van der Waals surface area contributed by atoms with Gasteiger partial charge in [0, 0.05) is 18.9 Å². The van der Waals surface area contributed by atoms with Gasteiger partial charge >= 0.3 is 0 Å². The minimum absolute atomic E-state index is 0.231. The number of nitriles is 1. The Balaban J connectivity index is 2.67. The third kappa shape index (κ3) is 3.04. The maximum atomic E-state index is 11.9. The monoisotopic (exact) mass is 231 g/mol. The average Bonchev–Trinajstić information content (AvgIpc) is 2.36. The van der Waals surface area contributed by atoms with Crippen molar-refractivity contribution in [2.75, 3.05) is 0 Å². The summed E-state index contributed by atoms with van der Waals surface area (Å²) in [6, 6.07) is 3.94. The molecule has 1 aromatic heterocycles. The molecule has 0 spiro atoms. The van der Waals surface area contributed by atoms with E-state index in [-0.39, 0.29) is 5.91 Å². The first-order valence-corrected chi connectivity index (χ1v) is 5.62. The Hall–Kier alpha value is -1.89. The summed E-state index contributed by atoms with van der Waals surface area (Å²) in [4.78, 5) is 15.9. The SMILES string of the molecule is CCC(C)(C#N)C(=O)NCc1cnccc1C. The van der Waals surface area contributed by atoms with Crippen molar-refractivity contribution in [3.63, 3.8) is 0 Å². The molecule has 1 heterocycles. The number of nitrogens with zero attached hydrogens (tertiary/aromatic N) is 2. The van der Waals surface area contributed by atoms with E-state index in [0.717, 1.165) is 11.1 Å². The molecule has 0 bridgehead atoms. The second-order valence-corrected chi connectivity index (χ2v) is 4.28. The van der Waals surface area contributed by atoms with Crippen LogP contribution in [0.25, 0.3) is 0 Å². The standard InChI is InChI=1S/C13H17N3O/c1-4-13(3,9-14)12(17)16-8-11-7-15-6-5-10(11)2/h5-7H,4,8H2,1-3H3,(H,16,17). The molecule has 0 saturated carbocycles. The Labute approximate surface area is 102 Å². The van der Waals surface area contributed by atoms with Gasteiger partial charge in [0.2, 0.25) is 5.91 Å². The molecule has 0 saturated heterocycles. The van der Waals surface area contributed by atoms with Crippen LogP contribution in [0.1, 0.15) is 31.4 Å². The van der Waals surface area contributed by atoms with Crippen LogP contribution >= 0.6 is 0 Å². The number of aryl methyl sites for hydroxylation is 1. The van der Waals surface area contributed by atoms with Crippen molar-refractivity contribution in [3.05, 3.63) is 29.6 Å². The van der Waals surface area contributed by atoms with E-state index in [0.29, 0.717) is 13.0 Å². The molecule has 1 rings (SSSR count). The summed E-state index contributed by atoms with van der Waals surface area (Å²) < 4.78 is 0. The van der Waals surface area contributed by atoms with Crippen LogP contribution in [0.3, 0.4) is 0 Å². The summed E-state index contributed by atoms with van der Waals surface area (Å²) in [6.45, 7) is 5.86. The second-order valence-electron chi connectivity index (χ2n) is 4.28. The first kappa shape index (κ1) is 13.2. The van der Waals surface area contributed by atoms with E-state index in [1.165, 1.54) is 0 Å². The Bertz CT molecular complexity index is 450. The smallest absolute Gasteiger partial charge is 0.240 e. The van der Waals surface area contributed by atoms with Gasteiger partial charge in [-0.25, -0.2) is 0 Å². The van der Waals surface area contributed by atoms with Crippen LogP contribution in [0, 0.1) is 23.7 Å². The number of hydrogen-bond donors (Lipinski definition) is 1. The van der Waals surface area contributed by atoms with Gasteiger partial charge in [0.05, 0.1) is 6.07 Å². The van der Waals surface area contributed by atoms with Crippen molar-refractivity contribution in [2.24, 2.45) is 5.41 Å². The van der Waals surface area contributed by atoms with Gasteiger partial charge in [-0.2, -0.15) is 5.26 Å². The number of hydrogen-bond acceptors (Lipinski definition) is 3. The third-order valence-corrected chi connectivity index (χ3v) is 3.04. The maximum absolute atomic E-state index is 11.9. The molecule has 1 atom stereocenters. The van der Waals surface area contributed by atoms with Crippen LogP contribution in [0.2, 0.25) is 0 Å². The van der Waals surface area contributed by atoms with Crippen LogP contribution in [-0.4, -0.2) is 10.9 Å². The van der Waals surface area contributed by atoms with Gasteiger partial charge in [-0.3, -0.25) is 9.78 Å². The zero-order valence-electron chi connectivity index (χ0n) is 10.4. The summed E-state index contributed by atoms with van der Waals surface area (Å²) in [6.07, 6.45) is 3.94. The Morgan fingerprint density at radius 3 is 2.88 bits per heavy atom. The van der Waals surface area contributed by atoms with E-state index in [2.05, 4.69) is 16.4 Å². The van der Waals surface area contributed by atoms with Gasteiger partial charge in [-0.1, -0.05) is 6.92 Å². The summed E-state index contributed by atoms with van der Waals surface area (Å²) >= 11 is 0. The molecule has 1 amide bonds. The van der Waals surface area contributed by atoms with Gasteiger partial charge in [0.1, 0.15) is 5.41 Å². The molecular weight excluding hydrogens is 214 g/mol. The normalized spacial score (nSPS) is 13.5. The van der Waals surface area contributed by atoms with Crippen molar-refractivity contribution >= 4 is 5.91 Å². The van der Waals surface area contributed by atoms with Crippen molar-refractivity contribution in [3.8, 4) is 6.07 Å². The van der Waals surface area contributed by atoms with Crippen molar-refractivity contribution in [1.82, 2.24) is 10.3 Å². The molecule has 1 aromatic rings. The van der Waals surface area contributed by atoms with Gasteiger partial charge < -0.3 is 5.32 Å². The Kier molecular flexibility index (Phi) is 4.22. The molecule has 0 aromatic carbocycles. The fourth-order valence-corrected chi connectivity index (χ4v) is 1.34. The van der Waals surface area contributed by atoms with Crippen LogP contribution < -0.4 is 5.32 Å². The number of aromatic nitrogens is 1. The largest absolute Gasteiger partial charge is 0.351 e. The minimum Gasteiger partial charge on any atom is -0.351 e. The highest BCUT2D eigenvalue weighted by atomic mass is 16.2. The predicted molar refractivity (Wildman–Crippen MR) is 64.8 cm³/mol. The first-order valence-electron chi connectivity index (χ1n) is 5.62. The van der Waals surface area contributed by atoms with Crippen molar-refractivity contribution in [2.45, 2.75) is 33.7 Å². The van der Waals surface area contributed by atoms with E-state index in [9.17, 15) is 4.79 Å². The summed E-state index contributed by atoms with van der Waals surface area (Å²) in [5.41, 5.74) is 1.10. The number of pyridine rings is 1. The van der Waals surface area contributed by atoms with E-state index in [4.69, 9.17) is 5.26 Å². The highest BCUT2D eigenvalue weighted by Crippen LogP contribution is 2.19. The zero-order valence-corrected chi connectivity index (χ0v) is 10.4. The number of carbonyl (C=O) groups excluding carboxylic acids is 1. The van der Waals surface area contributed by atoms with E-state index < -0.39 is 5.41 Å². The lowest BCUT2D eigenvalue weighted by molar-refractivity contribution is -0.127. The second kappa shape index (κ2) is 5.44. The molecule has 4 heteroatoms. The van der Waals surface area contributed by atoms with Gasteiger partial charge in [-0.15, -0.1) is 0 Å². The fourth-order valence-electron chi connectivity index (χ4n) is 1.34. The van der Waals surface area contributed by atoms with Crippen LogP contribution in [0.15, 0.2) is 18.5 Å². The molecule has 90 valence electrons. The fraction of sp³-hybridized carbons (Fsp3) is 0.462. The molecule has 1 N–H and O–H groups in total. The lowest BCUT2D eigenvalue weighted by atomic mass is 9.88. The molecule has 0 fully saturated rings. The Morgan fingerprint density at radius 1 is 1.65 bits per heavy atom. The van der Waals surface area contributed by atoms with Gasteiger partial charge in [0.25, 0.3) is 0 Å². The van der Waals surface area contributed by atoms with E-state index in [1.54, 1.807) is 19.3 Å². The van der Waals surface area contributed by atoms with Crippen LogP contribution in [-0.2, 0) is 11.3 Å². The molecule has 0 radical (unpaired) electrons. The lowest BCUT2D eigenvalue weighted by Crippen LogP contribution is -2.37. The zero-order chi connectivity index (χ0) is 12.9. The molecule has 0 aliphatic rings. The molecule has 0 aliphatic carbocycles. The van der Waals surface area contributed by atoms with Crippen molar-refractivity contribution < 1.29 is 4.79 Å². The molecule has 1 unspecified atom stereocenters. The highest BCUT2D eigenvalue weighted by Gasteiger charge is 2.30.